The van der Waals surface area contributed by atoms with E-state index in [0.717, 1.165) is 0 Å². The second-order valence-corrected chi connectivity index (χ2v) is 2.88. The van der Waals surface area contributed by atoms with Crippen LogP contribution < -0.4 is 5.73 Å². The summed E-state index contributed by atoms with van der Waals surface area (Å²) in [6.45, 7) is 3.14. The molecule has 1 rings (SSSR count). The van der Waals surface area contributed by atoms with Crippen molar-refractivity contribution in [3.8, 4) is 0 Å². The highest BCUT2D eigenvalue weighted by Gasteiger charge is 2.14. The van der Waals surface area contributed by atoms with Gasteiger partial charge in [-0.05, 0) is 25.5 Å². The van der Waals surface area contributed by atoms with Crippen LogP contribution in [0.5, 0.6) is 0 Å². The Morgan fingerprint density at radius 3 is 2.23 bits per heavy atom. The summed E-state index contributed by atoms with van der Waals surface area (Å²) >= 11 is 0. The molecule has 0 aliphatic carbocycles. The van der Waals surface area contributed by atoms with Gasteiger partial charge in [-0.15, -0.1) is 12.4 Å². The van der Waals surface area contributed by atoms with Gasteiger partial charge in [0.15, 0.2) is 0 Å². The van der Waals surface area contributed by atoms with Gasteiger partial charge >= 0.3 is 0 Å². The third-order valence-electron chi connectivity index (χ3n) is 1.77. The Morgan fingerprint density at radius 2 is 1.85 bits per heavy atom. The lowest BCUT2D eigenvalue weighted by molar-refractivity contribution is 0.532. The highest BCUT2D eigenvalue weighted by molar-refractivity contribution is 5.85. The number of halogens is 3. The molecule has 13 heavy (non-hydrogen) atoms. The SMILES string of the molecule is Cc1ccc(F)c(C(C)N)c1F.Cl. The van der Waals surface area contributed by atoms with E-state index in [1.54, 1.807) is 13.8 Å². The van der Waals surface area contributed by atoms with Crippen LogP contribution in [0.1, 0.15) is 24.1 Å². The molecule has 0 radical (unpaired) electrons. The number of aryl methyl sites for hydroxylation is 1. The lowest BCUT2D eigenvalue weighted by Crippen LogP contribution is -2.10. The van der Waals surface area contributed by atoms with Gasteiger partial charge < -0.3 is 5.73 Å². The summed E-state index contributed by atoms with van der Waals surface area (Å²) in [6, 6.07) is 2.03. The summed E-state index contributed by atoms with van der Waals surface area (Å²) in [6.07, 6.45) is 0. The first kappa shape index (κ1) is 12.3. The second kappa shape index (κ2) is 4.53. The number of nitrogens with two attached hydrogens (primary N) is 1. The Kier molecular flexibility index (Phi) is 4.30. The summed E-state index contributed by atoms with van der Waals surface area (Å²) in [5.74, 6) is -1.11. The van der Waals surface area contributed by atoms with Gasteiger partial charge in [-0.1, -0.05) is 6.07 Å². The van der Waals surface area contributed by atoms with Crippen molar-refractivity contribution in [2.75, 3.05) is 0 Å². The van der Waals surface area contributed by atoms with Crippen LogP contribution in [0, 0.1) is 18.6 Å². The smallest absolute Gasteiger partial charge is 0.133 e. The van der Waals surface area contributed by atoms with Crippen LogP contribution in [-0.4, -0.2) is 0 Å². The zero-order chi connectivity index (χ0) is 9.30. The predicted molar refractivity (Wildman–Crippen MR) is 50.9 cm³/mol. The molecular formula is C9H12ClF2N. The van der Waals surface area contributed by atoms with Crippen molar-refractivity contribution in [1.29, 1.82) is 0 Å². The molecule has 0 saturated carbocycles. The zero-order valence-electron chi connectivity index (χ0n) is 7.47. The molecule has 0 bridgehead atoms. The van der Waals surface area contributed by atoms with Crippen molar-refractivity contribution in [2.24, 2.45) is 5.73 Å². The number of benzene rings is 1. The fourth-order valence-corrected chi connectivity index (χ4v) is 1.10. The molecule has 1 aromatic rings. The first-order chi connectivity index (χ1) is 5.54. The first-order valence-corrected chi connectivity index (χ1v) is 3.74. The van der Waals surface area contributed by atoms with Crippen molar-refractivity contribution in [3.05, 3.63) is 34.9 Å². The molecular weight excluding hydrogens is 196 g/mol. The average molecular weight is 208 g/mol. The first-order valence-electron chi connectivity index (χ1n) is 3.74. The highest BCUT2D eigenvalue weighted by atomic mass is 35.5. The molecule has 0 heterocycles. The highest BCUT2D eigenvalue weighted by Crippen LogP contribution is 2.20. The van der Waals surface area contributed by atoms with Crippen molar-refractivity contribution >= 4 is 12.4 Å². The van der Waals surface area contributed by atoms with E-state index in [0.29, 0.717) is 5.56 Å². The van der Waals surface area contributed by atoms with E-state index < -0.39 is 17.7 Å². The van der Waals surface area contributed by atoms with E-state index in [1.165, 1.54) is 12.1 Å². The van der Waals surface area contributed by atoms with Crippen molar-refractivity contribution in [2.45, 2.75) is 19.9 Å². The summed E-state index contributed by atoms with van der Waals surface area (Å²) in [7, 11) is 0. The number of hydrogen-bond donors (Lipinski definition) is 1. The molecule has 1 atom stereocenters. The van der Waals surface area contributed by atoms with Gasteiger partial charge in [-0.3, -0.25) is 0 Å². The standard InChI is InChI=1S/C9H11F2N.ClH/c1-5-3-4-7(10)8(6(2)12)9(5)11;/h3-4,6H,12H2,1-2H3;1H. The Bertz CT molecular complexity index is 300. The van der Waals surface area contributed by atoms with E-state index in [4.69, 9.17) is 5.73 Å². The topological polar surface area (TPSA) is 26.0 Å². The molecule has 0 aliphatic heterocycles. The number of hydrogen-bond acceptors (Lipinski definition) is 1. The minimum atomic E-state index is -0.607. The van der Waals surface area contributed by atoms with Crippen LogP contribution in [0.3, 0.4) is 0 Å². The van der Waals surface area contributed by atoms with Crippen LogP contribution in [0.25, 0.3) is 0 Å². The third kappa shape index (κ3) is 2.39. The third-order valence-corrected chi connectivity index (χ3v) is 1.77. The monoisotopic (exact) mass is 207 g/mol. The van der Waals surface area contributed by atoms with E-state index >= 15 is 0 Å². The van der Waals surface area contributed by atoms with Gasteiger partial charge in [0.25, 0.3) is 0 Å². The minimum Gasteiger partial charge on any atom is -0.324 e. The van der Waals surface area contributed by atoms with Crippen molar-refractivity contribution in [1.82, 2.24) is 0 Å². The Balaban J connectivity index is 0.00000144. The van der Waals surface area contributed by atoms with Crippen LogP contribution in [-0.2, 0) is 0 Å². The number of rotatable bonds is 1. The molecule has 1 nitrogen and oxygen atoms in total. The molecule has 0 fully saturated rings. The molecule has 1 unspecified atom stereocenters. The maximum Gasteiger partial charge on any atom is 0.133 e. The fourth-order valence-electron chi connectivity index (χ4n) is 1.10. The molecule has 74 valence electrons. The Morgan fingerprint density at radius 1 is 1.31 bits per heavy atom. The van der Waals surface area contributed by atoms with Gasteiger partial charge in [0.2, 0.25) is 0 Å². The maximum atomic E-state index is 13.2. The molecule has 2 N–H and O–H groups in total. The molecule has 4 heteroatoms. The van der Waals surface area contributed by atoms with E-state index in [-0.39, 0.29) is 18.0 Å². The van der Waals surface area contributed by atoms with E-state index in [9.17, 15) is 8.78 Å². The lowest BCUT2D eigenvalue weighted by Gasteiger charge is -2.09. The molecule has 0 spiro atoms. The van der Waals surface area contributed by atoms with Crippen molar-refractivity contribution < 1.29 is 8.78 Å². The predicted octanol–water partition coefficient (Wildman–Crippen LogP) is 2.71. The largest absolute Gasteiger partial charge is 0.324 e. The molecule has 0 aliphatic rings. The van der Waals surface area contributed by atoms with Crippen molar-refractivity contribution in [3.63, 3.8) is 0 Å². The molecule has 0 aromatic heterocycles. The molecule has 0 saturated heterocycles. The van der Waals surface area contributed by atoms with Crippen LogP contribution in [0.4, 0.5) is 8.78 Å². The maximum absolute atomic E-state index is 13.2. The lowest BCUT2D eigenvalue weighted by atomic mass is 10.0. The Hall–Kier alpha value is -0.670. The molecule has 0 amide bonds. The fraction of sp³-hybridized carbons (Fsp3) is 0.333. The summed E-state index contributed by atoms with van der Waals surface area (Å²) in [5.41, 5.74) is 5.79. The van der Waals surface area contributed by atoms with Gasteiger partial charge in [0.05, 0.1) is 0 Å². The van der Waals surface area contributed by atoms with Gasteiger partial charge in [0, 0.05) is 11.6 Å². The normalized spacial score (nSPS) is 12.1. The van der Waals surface area contributed by atoms with Crippen LogP contribution in [0.2, 0.25) is 0 Å². The summed E-state index contributed by atoms with van der Waals surface area (Å²) in [5, 5.41) is 0. The Labute approximate surface area is 82.4 Å². The van der Waals surface area contributed by atoms with Gasteiger partial charge in [-0.2, -0.15) is 0 Å². The summed E-state index contributed by atoms with van der Waals surface area (Å²) < 4.78 is 26.2. The van der Waals surface area contributed by atoms with Gasteiger partial charge in [0.1, 0.15) is 11.6 Å². The summed E-state index contributed by atoms with van der Waals surface area (Å²) in [4.78, 5) is 0. The van der Waals surface area contributed by atoms with Gasteiger partial charge in [-0.25, -0.2) is 8.78 Å². The zero-order valence-corrected chi connectivity index (χ0v) is 8.29. The van der Waals surface area contributed by atoms with Crippen LogP contribution in [0.15, 0.2) is 12.1 Å². The average Bonchev–Trinajstić information content (AvgIpc) is 1.97. The second-order valence-electron chi connectivity index (χ2n) is 2.88. The minimum absolute atomic E-state index is 0. The quantitative estimate of drug-likeness (QED) is 0.753. The van der Waals surface area contributed by atoms with E-state index in [1.807, 2.05) is 0 Å². The van der Waals surface area contributed by atoms with E-state index in [2.05, 4.69) is 0 Å². The molecule has 1 aromatic carbocycles. The van der Waals surface area contributed by atoms with Crippen LogP contribution >= 0.6 is 12.4 Å².